The molecular weight excluding hydrogens is 168 g/mol. The fraction of sp³-hybridized carbons (Fsp3) is 1.00. The van der Waals surface area contributed by atoms with Crippen LogP contribution in [0.1, 0.15) is 25.7 Å². The second-order valence-electron chi connectivity index (χ2n) is 4.28. The van der Waals surface area contributed by atoms with E-state index >= 15 is 0 Å². The molecule has 2 rings (SSSR count). The zero-order chi connectivity index (χ0) is 9.31. The largest absolute Gasteiger partial charge is 0.389 e. The van der Waals surface area contributed by atoms with Gasteiger partial charge in [0.1, 0.15) is 0 Å². The molecule has 3 nitrogen and oxygen atoms in total. The van der Waals surface area contributed by atoms with E-state index in [9.17, 15) is 5.11 Å². The normalized spacial score (nSPS) is 45.7. The molecule has 1 saturated heterocycles. The summed E-state index contributed by atoms with van der Waals surface area (Å²) in [5, 5.41) is 10.2. The standard InChI is InChI=1S/C10H18O3/c1-12-9-5-10(11,6-9)8-3-2-4-13-7-8/h8-9,11H,2-7H2,1H3. The Morgan fingerprint density at radius 2 is 2.23 bits per heavy atom. The molecule has 0 aromatic rings. The molecule has 0 aromatic carbocycles. The van der Waals surface area contributed by atoms with Crippen LogP contribution in [0.2, 0.25) is 0 Å². The molecule has 1 atom stereocenters. The average molecular weight is 186 g/mol. The summed E-state index contributed by atoms with van der Waals surface area (Å²) in [5.41, 5.74) is -0.485. The quantitative estimate of drug-likeness (QED) is 0.698. The molecule has 1 aliphatic carbocycles. The van der Waals surface area contributed by atoms with Crippen LogP contribution in [0.3, 0.4) is 0 Å². The van der Waals surface area contributed by atoms with Crippen molar-refractivity contribution in [1.29, 1.82) is 0 Å². The molecule has 3 heteroatoms. The molecule has 1 heterocycles. The zero-order valence-electron chi connectivity index (χ0n) is 8.16. The maximum Gasteiger partial charge on any atom is 0.0747 e. The fourth-order valence-electron chi connectivity index (χ4n) is 2.39. The van der Waals surface area contributed by atoms with Crippen LogP contribution in [-0.4, -0.2) is 37.1 Å². The highest BCUT2D eigenvalue weighted by molar-refractivity contribution is 5.00. The van der Waals surface area contributed by atoms with Gasteiger partial charge in [-0.1, -0.05) is 0 Å². The van der Waals surface area contributed by atoms with E-state index < -0.39 is 5.60 Å². The summed E-state index contributed by atoms with van der Waals surface area (Å²) in [6.45, 7) is 1.59. The van der Waals surface area contributed by atoms with Crippen LogP contribution < -0.4 is 0 Å². The highest BCUT2D eigenvalue weighted by Gasteiger charge is 2.48. The van der Waals surface area contributed by atoms with E-state index in [-0.39, 0.29) is 6.10 Å². The van der Waals surface area contributed by atoms with Gasteiger partial charge in [0, 0.05) is 32.5 Å². The molecular formula is C10H18O3. The highest BCUT2D eigenvalue weighted by atomic mass is 16.5. The number of hydrogen-bond acceptors (Lipinski definition) is 3. The lowest BCUT2D eigenvalue weighted by molar-refractivity contribution is -0.179. The molecule has 1 N–H and O–H groups in total. The third kappa shape index (κ3) is 1.73. The third-order valence-corrected chi connectivity index (χ3v) is 3.42. The molecule has 0 amide bonds. The Morgan fingerprint density at radius 1 is 1.46 bits per heavy atom. The van der Waals surface area contributed by atoms with Gasteiger partial charge in [0.15, 0.2) is 0 Å². The van der Waals surface area contributed by atoms with E-state index in [1.807, 2.05) is 0 Å². The molecule has 1 saturated carbocycles. The first-order chi connectivity index (χ1) is 6.24. The van der Waals surface area contributed by atoms with E-state index in [0.29, 0.717) is 5.92 Å². The molecule has 2 aliphatic rings. The van der Waals surface area contributed by atoms with Crippen LogP contribution in [0.15, 0.2) is 0 Å². The number of methoxy groups -OCH3 is 1. The first-order valence-corrected chi connectivity index (χ1v) is 5.07. The highest BCUT2D eigenvalue weighted by Crippen LogP contribution is 2.42. The molecule has 76 valence electrons. The Hall–Kier alpha value is -0.120. The average Bonchev–Trinajstić information content (AvgIpc) is 2.14. The van der Waals surface area contributed by atoms with Gasteiger partial charge in [-0.2, -0.15) is 0 Å². The molecule has 1 aliphatic heterocycles. The van der Waals surface area contributed by atoms with Crippen molar-refractivity contribution in [2.75, 3.05) is 20.3 Å². The van der Waals surface area contributed by atoms with Gasteiger partial charge in [0.2, 0.25) is 0 Å². The van der Waals surface area contributed by atoms with Crippen LogP contribution in [0.5, 0.6) is 0 Å². The Bertz CT molecular complexity index is 169. The summed E-state index contributed by atoms with van der Waals surface area (Å²) < 4.78 is 10.5. The lowest BCUT2D eigenvalue weighted by atomic mass is 9.67. The monoisotopic (exact) mass is 186 g/mol. The molecule has 1 unspecified atom stereocenters. The number of aliphatic hydroxyl groups is 1. The van der Waals surface area contributed by atoms with Gasteiger partial charge >= 0.3 is 0 Å². The number of rotatable bonds is 2. The van der Waals surface area contributed by atoms with Gasteiger partial charge in [-0.3, -0.25) is 0 Å². The van der Waals surface area contributed by atoms with Gasteiger partial charge in [0.25, 0.3) is 0 Å². The van der Waals surface area contributed by atoms with Gasteiger partial charge in [0.05, 0.1) is 18.3 Å². The van der Waals surface area contributed by atoms with Crippen molar-refractivity contribution < 1.29 is 14.6 Å². The van der Waals surface area contributed by atoms with E-state index in [4.69, 9.17) is 9.47 Å². The summed E-state index contributed by atoms with van der Waals surface area (Å²) in [6, 6.07) is 0. The zero-order valence-corrected chi connectivity index (χ0v) is 8.16. The van der Waals surface area contributed by atoms with Crippen molar-refractivity contribution in [3.63, 3.8) is 0 Å². The lowest BCUT2D eigenvalue weighted by Crippen LogP contribution is -2.55. The first kappa shape index (κ1) is 9.44. The molecule has 0 spiro atoms. The molecule has 13 heavy (non-hydrogen) atoms. The summed E-state index contributed by atoms with van der Waals surface area (Å²) in [6.07, 6.45) is 4.04. The Kier molecular flexibility index (Phi) is 2.58. The Morgan fingerprint density at radius 3 is 2.77 bits per heavy atom. The minimum Gasteiger partial charge on any atom is -0.389 e. The van der Waals surface area contributed by atoms with Crippen molar-refractivity contribution >= 4 is 0 Å². The molecule has 0 aromatic heterocycles. The van der Waals surface area contributed by atoms with Crippen molar-refractivity contribution in [2.24, 2.45) is 5.92 Å². The number of ether oxygens (including phenoxy) is 2. The van der Waals surface area contributed by atoms with E-state index in [0.717, 1.165) is 38.9 Å². The van der Waals surface area contributed by atoms with Gasteiger partial charge in [-0.15, -0.1) is 0 Å². The van der Waals surface area contributed by atoms with Crippen LogP contribution >= 0.6 is 0 Å². The van der Waals surface area contributed by atoms with Crippen LogP contribution in [0, 0.1) is 5.92 Å². The summed E-state index contributed by atoms with van der Waals surface area (Å²) >= 11 is 0. The van der Waals surface area contributed by atoms with Crippen molar-refractivity contribution in [3.05, 3.63) is 0 Å². The predicted octanol–water partition coefficient (Wildman–Crippen LogP) is 0.953. The smallest absolute Gasteiger partial charge is 0.0747 e. The minimum absolute atomic E-state index is 0.270. The summed E-state index contributed by atoms with van der Waals surface area (Å²) in [4.78, 5) is 0. The van der Waals surface area contributed by atoms with Crippen LogP contribution in [0.4, 0.5) is 0 Å². The maximum atomic E-state index is 10.2. The maximum absolute atomic E-state index is 10.2. The minimum atomic E-state index is -0.485. The van der Waals surface area contributed by atoms with E-state index in [1.165, 1.54) is 0 Å². The van der Waals surface area contributed by atoms with Gasteiger partial charge in [-0.25, -0.2) is 0 Å². The Balaban J connectivity index is 1.86. The summed E-state index contributed by atoms with van der Waals surface area (Å²) in [7, 11) is 1.71. The number of hydrogen-bond donors (Lipinski definition) is 1. The third-order valence-electron chi connectivity index (χ3n) is 3.42. The fourth-order valence-corrected chi connectivity index (χ4v) is 2.39. The van der Waals surface area contributed by atoms with Crippen LogP contribution in [-0.2, 0) is 9.47 Å². The summed E-state index contributed by atoms with van der Waals surface area (Å²) in [5.74, 6) is 0.340. The second kappa shape index (κ2) is 3.56. The molecule has 0 radical (unpaired) electrons. The Labute approximate surface area is 79.0 Å². The van der Waals surface area contributed by atoms with Crippen LogP contribution in [0.25, 0.3) is 0 Å². The van der Waals surface area contributed by atoms with E-state index in [1.54, 1.807) is 7.11 Å². The predicted molar refractivity (Wildman–Crippen MR) is 48.5 cm³/mol. The first-order valence-electron chi connectivity index (χ1n) is 5.07. The van der Waals surface area contributed by atoms with Crippen molar-refractivity contribution in [3.8, 4) is 0 Å². The lowest BCUT2D eigenvalue weighted by Gasteiger charge is -2.48. The van der Waals surface area contributed by atoms with Gasteiger partial charge < -0.3 is 14.6 Å². The molecule has 0 bridgehead atoms. The van der Waals surface area contributed by atoms with Gasteiger partial charge in [-0.05, 0) is 12.8 Å². The van der Waals surface area contributed by atoms with Crippen molar-refractivity contribution in [1.82, 2.24) is 0 Å². The second-order valence-corrected chi connectivity index (χ2v) is 4.28. The van der Waals surface area contributed by atoms with Crippen molar-refractivity contribution in [2.45, 2.75) is 37.4 Å². The topological polar surface area (TPSA) is 38.7 Å². The SMILES string of the molecule is COC1CC(O)(C2CCCOC2)C1. The molecule has 2 fully saturated rings. The van der Waals surface area contributed by atoms with E-state index in [2.05, 4.69) is 0 Å².